The van der Waals surface area contributed by atoms with E-state index in [2.05, 4.69) is 10.6 Å². The minimum atomic E-state index is -0.488. The van der Waals surface area contributed by atoms with E-state index in [-0.39, 0.29) is 30.2 Å². The first kappa shape index (κ1) is 18.4. The summed E-state index contributed by atoms with van der Waals surface area (Å²) in [7, 11) is 0. The smallest absolute Gasteiger partial charge is 0.271 e. The van der Waals surface area contributed by atoms with Crippen molar-refractivity contribution >= 4 is 17.3 Å². The number of carbonyl (C=O) groups excluding carboxylic acids is 1. The first-order valence-corrected chi connectivity index (χ1v) is 8.40. The molecule has 3 unspecified atom stereocenters. The number of hydrogen-bond donors (Lipinski definition) is 3. The molecule has 0 radical (unpaired) electrons. The summed E-state index contributed by atoms with van der Waals surface area (Å²) in [6.07, 6.45) is 3.96. The Kier molecular flexibility index (Phi) is 6.69. The van der Waals surface area contributed by atoms with Crippen LogP contribution in [0, 0.1) is 16.0 Å². The Bertz CT molecular complexity index is 579. The molecule has 7 heteroatoms. The van der Waals surface area contributed by atoms with Gasteiger partial charge in [0, 0.05) is 30.3 Å². The highest BCUT2D eigenvalue weighted by Gasteiger charge is 2.20. The van der Waals surface area contributed by atoms with Gasteiger partial charge < -0.3 is 15.7 Å². The Morgan fingerprint density at radius 1 is 1.46 bits per heavy atom. The lowest BCUT2D eigenvalue weighted by Gasteiger charge is -2.27. The summed E-state index contributed by atoms with van der Waals surface area (Å²) in [5.74, 6) is 0.273. The molecule has 7 nitrogen and oxygen atoms in total. The fourth-order valence-electron chi connectivity index (χ4n) is 3.08. The SMILES string of the molecule is CC(CC(=O)Nc1cccc([N+](=O)[O-])c1)NCC1CCCC(O)C1. The molecular formula is C17H25N3O4. The van der Waals surface area contributed by atoms with Crippen molar-refractivity contribution in [2.24, 2.45) is 5.92 Å². The average molecular weight is 335 g/mol. The van der Waals surface area contributed by atoms with Crippen molar-refractivity contribution < 1.29 is 14.8 Å². The zero-order chi connectivity index (χ0) is 17.5. The van der Waals surface area contributed by atoms with Crippen molar-refractivity contribution in [2.45, 2.75) is 51.2 Å². The molecule has 1 aromatic rings. The number of non-ortho nitro benzene ring substituents is 1. The van der Waals surface area contributed by atoms with Crippen LogP contribution in [0.1, 0.15) is 39.0 Å². The molecule has 1 saturated carbocycles. The highest BCUT2D eigenvalue weighted by Crippen LogP contribution is 2.23. The number of nitro groups is 1. The van der Waals surface area contributed by atoms with Crippen molar-refractivity contribution in [2.75, 3.05) is 11.9 Å². The molecule has 1 aliphatic carbocycles. The number of nitrogens with one attached hydrogen (secondary N) is 2. The summed E-state index contributed by atoms with van der Waals surface area (Å²) in [4.78, 5) is 22.3. The second-order valence-electron chi connectivity index (χ2n) is 6.56. The molecule has 2 rings (SSSR count). The van der Waals surface area contributed by atoms with E-state index >= 15 is 0 Å². The van der Waals surface area contributed by atoms with Crippen LogP contribution in [0.3, 0.4) is 0 Å². The van der Waals surface area contributed by atoms with Gasteiger partial charge in [-0.15, -0.1) is 0 Å². The van der Waals surface area contributed by atoms with Crippen LogP contribution in [0.4, 0.5) is 11.4 Å². The molecule has 1 aromatic carbocycles. The van der Waals surface area contributed by atoms with Gasteiger partial charge in [0.15, 0.2) is 0 Å². The summed E-state index contributed by atoms with van der Waals surface area (Å²) >= 11 is 0. The van der Waals surface area contributed by atoms with Gasteiger partial charge in [-0.1, -0.05) is 12.5 Å². The van der Waals surface area contributed by atoms with Crippen LogP contribution in [0.5, 0.6) is 0 Å². The van der Waals surface area contributed by atoms with E-state index in [9.17, 15) is 20.0 Å². The largest absolute Gasteiger partial charge is 0.393 e. The summed E-state index contributed by atoms with van der Waals surface area (Å²) in [5, 5.41) is 26.4. The second-order valence-corrected chi connectivity index (χ2v) is 6.56. The van der Waals surface area contributed by atoms with E-state index in [4.69, 9.17) is 0 Å². The fourth-order valence-corrected chi connectivity index (χ4v) is 3.08. The van der Waals surface area contributed by atoms with Crippen LogP contribution in [0.15, 0.2) is 24.3 Å². The van der Waals surface area contributed by atoms with Crippen LogP contribution < -0.4 is 10.6 Å². The van der Waals surface area contributed by atoms with E-state index in [0.29, 0.717) is 11.6 Å². The van der Waals surface area contributed by atoms with E-state index in [1.165, 1.54) is 12.1 Å². The summed E-state index contributed by atoms with van der Waals surface area (Å²) < 4.78 is 0. The minimum absolute atomic E-state index is 0.00256. The first-order valence-electron chi connectivity index (χ1n) is 8.40. The number of rotatable bonds is 7. The van der Waals surface area contributed by atoms with Crippen molar-refractivity contribution in [1.29, 1.82) is 0 Å². The van der Waals surface area contributed by atoms with Gasteiger partial charge >= 0.3 is 0 Å². The maximum absolute atomic E-state index is 12.0. The van der Waals surface area contributed by atoms with E-state index < -0.39 is 4.92 Å². The van der Waals surface area contributed by atoms with Crippen LogP contribution in [-0.4, -0.2) is 34.6 Å². The van der Waals surface area contributed by atoms with Gasteiger partial charge in [0.2, 0.25) is 5.91 Å². The van der Waals surface area contributed by atoms with Gasteiger partial charge in [-0.2, -0.15) is 0 Å². The number of anilines is 1. The summed E-state index contributed by atoms with van der Waals surface area (Å²) in [6, 6.07) is 5.91. The van der Waals surface area contributed by atoms with Crippen LogP contribution in [0.2, 0.25) is 0 Å². The Morgan fingerprint density at radius 3 is 2.96 bits per heavy atom. The third-order valence-corrected chi connectivity index (χ3v) is 4.34. The molecule has 0 saturated heterocycles. The predicted octanol–water partition coefficient (Wildman–Crippen LogP) is 2.45. The second kappa shape index (κ2) is 8.75. The topological polar surface area (TPSA) is 104 Å². The number of hydrogen-bond acceptors (Lipinski definition) is 5. The summed E-state index contributed by atoms with van der Waals surface area (Å²) in [6.45, 7) is 2.73. The number of amides is 1. The van der Waals surface area contributed by atoms with Gasteiger partial charge in [0.1, 0.15) is 0 Å². The van der Waals surface area contributed by atoms with Crippen molar-refractivity contribution in [3.8, 4) is 0 Å². The van der Waals surface area contributed by atoms with Gasteiger partial charge in [-0.3, -0.25) is 14.9 Å². The van der Waals surface area contributed by atoms with Gasteiger partial charge in [-0.25, -0.2) is 0 Å². The maximum atomic E-state index is 12.0. The molecule has 1 amide bonds. The Balaban J connectivity index is 1.75. The number of benzene rings is 1. The van der Waals surface area contributed by atoms with E-state index in [1.807, 2.05) is 6.92 Å². The molecule has 3 N–H and O–H groups in total. The number of aliphatic hydroxyl groups is 1. The van der Waals surface area contributed by atoms with Gasteiger partial charge in [-0.05, 0) is 44.7 Å². The zero-order valence-corrected chi connectivity index (χ0v) is 13.9. The summed E-state index contributed by atoms with van der Waals surface area (Å²) in [5.41, 5.74) is 0.381. The normalized spacial score (nSPS) is 21.9. The first-order chi connectivity index (χ1) is 11.4. The Morgan fingerprint density at radius 2 is 2.25 bits per heavy atom. The van der Waals surface area contributed by atoms with Crippen LogP contribution in [-0.2, 0) is 4.79 Å². The highest BCUT2D eigenvalue weighted by atomic mass is 16.6. The number of carbonyl (C=O) groups is 1. The number of nitro benzene ring substituents is 1. The van der Waals surface area contributed by atoms with E-state index in [0.717, 1.165) is 32.2 Å². The van der Waals surface area contributed by atoms with Crippen molar-refractivity contribution in [3.63, 3.8) is 0 Å². The zero-order valence-electron chi connectivity index (χ0n) is 13.9. The monoisotopic (exact) mass is 335 g/mol. The number of nitrogens with zero attached hydrogens (tertiary/aromatic N) is 1. The molecule has 132 valence electrons. The predicted molar refractivity (Wildman–Crippen MR) is 91.8 cm³/mol. The third kappa shape index (κ3) is 5.90. The molecule has 1 aliphatic rings. The molecule has 0 spiro atoms. The molecule has 0 aromatic heterocycles. The molecule has 1 fully saturated rings. The number of aliphatic hydroxyl groups excluding tert-OH is 1. The van der Waals surface area contributed by atoms with Gasteiger partial charge in [0.25, 0.3) is 5.69 Å². The van der Waals surface area contributed by atoms with Gasteiger partial charge in [0.05, 0.1) is 11.0 Å². The fraction of sp³-hybridized carbons (Fsp3) is 0.588. The van der Waals surface area contributed by atoms with Crippen molar-refractivity contribution in [1.82, 2.24) is 5.32 Å². The average Bonchev–Trinajstić information content (AvgIpc) is 2.53. The molecule has 0 bridgehead atoms. The lowest BCUT2D eigenvalue weighted by Crippen LogP contribution is -2.36. The van der Waals surface area contributed by atoms with Crippen LogP contribution >= 0.6 is 0 Å². The standard InChI is InChI=1S/C17H25N3O4/c1-12(18-11-13-4-2-7-16(21)9-13)8-17(22)19-14-5-3-6-15(10-14)20(23)24/h3,5-6,10,12-13,16,18,21H,2,4,7-9,11H2,1H3,(H,19,22). The molecule has 0 heterocycles. The lowest BCUT2D eigenvalue weighted by atomic mass is 9.87. The van der Waals surface area contributed by atoms with E-state index in [1.54, 1.807) is 12.1 Å². The molecule has 24 heavy (non-hydrogen) atoms. The van der Waals surface area contributed by atoms with Crippen LogP contribution in [0.25, 0.3) is 0 Å². The Labute approximate surface area is 141 Å². The molecule has 0 aliphatic heterocycles. The third-order valence-electron chi connectivity index (χ3n) is 4.34. The molecular weight excluding hydrogens is 310 g/mol. The lowest BCUT2D eigenvalue weighted by molar-refractivity contribution is -0.384. The maximum Gasteiger partial charge on any atom is 0.271 e. The highest BCUT2D eigenvalue weighted by molar-refractivity contribution is 5.91. The quantitative estimate of drug-likeness (QED) is 0.524. The minimum Gasteiger partial charge on any atom is -0.393 e. The van der Waals surface area contributed by atoms with Crippen molar-refractivity contribution in [3.05, 3.63) is 34.4 Å². The Hall–Kier alpha value is -1.99. The molecule has 3 atom stereocenters.